The van der Waals surface area contributed by atoms with Crippen LogP contribution in [0.5, 0.6) is 0 Å². The summed E-state index contributed by atoms with van der Waals surface area (Å²) in [5, 5.41) is 6.17. The fourth-order valence-electron chi connectivity index (χ4n) is 1.82. The van der Waals surface area contributed by atoms with Crippen LogP contribution in [0, 0.1) is 0 Å². The van der Waals surface area contributed by atoms with E-state index in [1.807, 2.05) is 19.1 Å². The van der Waals surface area contributed by atoms with E-state index in [0.717, 1.165) is 5.76 Å². The van der Waals surface area contributed by atoms with Gasteiger partial charge < -0.3 is 15.1 Å². The van der Waals surface area contributed by atoms with Crippen molar-refractivity contribution in [2.75, 3.05) is 39.8 Å². The third-order valence-electron chi connectivity index (χ3n) is 2.79. The first kappa shape index (κ1) is 22.0. The topological polar surface area (TPSA) is 52.8 Å². The van der Waals surface area contributed by atoms with Crippen LogP contribution in [-0.4, -0.2) is 56.8 Å². The zero-order valence-electron chi connectivity index (χ0n) is 13.3. The predicted molar refractivity (Wildman–Crippen MR) is 95.4 cm³/mol. The summed E-state index contributed by atoms with van der Waals surface area (Å²) in [4.78, 5) is 5.46. The number of furan rings is 1. The van der Waals surface area contributed by atoms with E-state index in [0.29, 0.717) is 32.0 Å². The summed E-state index contributed by atoms with van der Waals surface area (Å²) in [5.41, 5.74) is 0. The highest BCUT2D eigenvalue weighted by Crippen LogP contribution is 2.15. The second-order valence-electron chi connectivity index (χ2n) is 4.87. The molecule has 1 aromatic rings. The quantitative estimate of drug-likeness (QED) is 0.365. The van der Waals surface area contributed by atoms with Gasteiger partial charge in [-0.1, -0.05) is 0 Å². The van der Waals surface area contributed by atoms with Crippen molar-refractivity contribution in [1.29, 1.82) is 0 Å². The Morgan fingerprint density at radius 1 is 1.35 bits per heavy atom. The lowest BCUT2D eigenvalue weighted by Crippen LogP contribution is -2.39. The molecule has 23 heavy (non-hydrogen) atoms. The Morgan fingerprint density at radius 3 is 2.65 bits per heavy atom. The molecule has 0 aromatic carbocycles. The van der Waals surface area contributed by atoms with Crippen LogP contribution in [0.25, 0.3) is 0 Å². The molecule has 2 N–H and O–H groups in total. The summed E-state index contributed by atoms with van der Waals surface area (Å²) in [7, 11) is 1.43. The Balaban J connectivity index is 0.00000484. The van der Waals surface area contributed by atoms with Crippen molar-refractivity contribution in [1.82, 2.24) is 15.5 Å². The Labute approximate surface area is 151 Å². The van der Waals surface area contributed by atoms with Crippen molar-refractivity contribution in [3.8, 4) is 0 Å². The lowest BCUT2D eigenvalue weighted by molar-refractivity contribution is -0.142. The van der Waals surface area contributed by atoms with Gasteiger partial charge in [0, 0.05) is 26.1 Å². The fraction of sp³-hybridized carbons (Fsp3) is 0.643. The molecule has 0 bridgehead atoms. The van der Waals surface area contributed by atoms with E-state index in [1.165, 1.54) is 11.9 Å². The minimum Gasteiger partial charge on any atom is -0.469 e. The molecule has 0 fully saturated rings. The van der Waals surface area contributed by atoms with E-state index in [2.05, 4.69) is 15.6 Å². The smallest absolute Gasteiger partial charge is 0.401 e. The molecule has 1 heterocycles. The first-order valence-corrected chi connectivity index (χ1v) is 7.20. The molecule has 0 unspecified atom stereocenters. The van der Waals surface area contributed by atoms with Gasteiger partial charge in [-0.25, -0.2) is 0 Å². The second kappa shape index (κ2) is 11.5. The van der Waals surface area contributed by atoms with Gasteiger partial charge in [-0.2, -0.15) is 13.2 Å². The number of nitrogens with one attached hydrogen (secondary N) is 2. The molecule has 0 aliphatic heterocycles. The van der Waals surface area contributed by atoms with Gasteiger partial charge in [0.1, 0.15) is 5.76 Å². The number of rotatable bonds is 8. The number of nitrogens with zero attached hydrogens (tertiary/aromatic N) is 2. The van der Waals surface area contributed by atoms with Crippen molar-refractivity contribution < 1.29 is 17.6 Å². The van der Waals surface area contributed by atoms with Crippen LogP contribution in [0.2, 0.25) is 0 Å². The summed E-state index contributed by atoms with van der Waals surface area (Å²) >= 11 is 0. The van der Waals surface area contributed by atoms with Gasteiger partial charge in [0.05, 0.1) is 19.4 Å². The van der Waals surface area contributed by atoms with Gasteiger partial charge in [0.25, 0.3) is 0 Å². The molecule has 0 aliphatic rings. The predicted octanol–water partition coefficient (Wildman–Crippen LogP) is 2.49. The highest BCUT2D eigenvalue weighted by atomic mass is 127. The van der Waals surface area contributed by atoms with E-state index < -0.39 is 12.7 Å². The molecule has 134 valence electrons. The van der Waals surface area contributed by atoms with Crippen molar-refractivity contribution in [2.24, 2.45) is 4.99 Å². The second-order valence-corrected chi connectivity index (χ2v) is 4.87. The molecule has 1 aromatic heterocycles. The van der Waals surface area contributed by atoms with Crippen LogP contribution in [0.4, 0.5) is 13.2 Å². The average Bonchev–Trinajstić information content (AvgIpc) is 2.89. The van der Waals surface area contributed by atoms with E-state index >= 15 is 0 Å². The van der Waals surface area contributed by atoms with Gasteiger partial charge in [-0.15, -0.1) is 24.0 Å². The Hall–Kier alpha value is -0.970. The molecule has 0 saturated carbocycles. The molecular formula is C14H24F3IN4O. The van der Waals surface area contributed by atoms with Crippen LogP contribution >= 0.6 is 24.0 Å². The summed E-state index contributed by atoms with van der Waals surface area (Å²) in [6, 6.07) is 3.71. The third-order valence-corrected chi connectivity index (χ3v) is 2.79. The zero-order chi connectivity index (χ0) is 16.4. The van der Waals surface area contributed by atoms with Gasteiger partial charge in [0.15, 0.2) is 5.96 Å². The lowest BCUT2D eigenvalue weighted by atomic mass is 10.3. The van der Waals surface area contributed by atoms with E-state index in [1.54, 1.807) is 6.26 Å². The highest BCUT2D eigenvalue weighted by Gasteiger charge is 2.28. The number of guanidine groups is 1. The molecular weight excluding hydrogens is 424 g/mol. The SMILES string of the molecule is CCNC(=NCCN(C)CC(F)(F)F)NCCc1ccco1.I. The number of likely N-dealkylation sites (N-methyl/N-ethyl adjacent to an activating group) is 1. The molecule has 0 atom stereocenters. The number of aliphatic imine (C=N–C) groups is 1. The van der Waals surface area contributed by atoms with Crippen molar-refractivity contribution in [3.63, 3.8) is 0 Å². The summed E-state index contributed by atoms with van der Waals surface area (Å²) in [6.07, 6.45) is -1.85. The van der Waals surface area contributed by atoms with E-state index in [4.69, 9.17) is 4.42 Å². The monoisotopic (exact) mass is 448 g/mol. The summed E-state index contributed by atoms with van der Waals surface area (Å²) in [6.45, 7) is 2.87. The minimum atomic E-state index is -4.18. The molecule has 5 nitrogen and oxygen atoms in total. The van der Waals surface area contributed by atoms with E-state index in [-0.39, 0.29) is 30.5 Å². The molecule has 0 aliphatic carbocycles. The van der Waals surface area contributed by atoms with Gasteiger partial charge in [-0.05, 0) is 26.1 Å². The lowest BCUT2D eigenvalue weighted by Gasteiger charge is -2.17. The minimum absolute atomic E-state index is 0. The Bertz CT molecular complexity index is 438. The number of hydrogen-bond acceptors (Lipinski definition) is 3. The maximum atomic E-state index is 12.2. The summed E-state index contributed by atoms with van der Waals surface area (Å²) < 4.78 is 41.8. The molecule has 0 saturated heterocycles. The van der Waals surface area contributed by atoms with Crippen LogP contribution in [0.1, 0.15) is 12.7 Å². The standard InChI is InChI=1S/C14H23F3N4O.HI/c1-3-18-13(19-7-6-12-5-4-10-22-12)20-8-9-21(2)11-14(15,16)17;/h4-5,10H,3,6-9,11H2,1-2H3,(H2,18,19,20);1H. The van der Waals surface area contributed by atoms with Crippen molar-refractivity contribution in [3.05, 3.63) is 24.2 Å². The highest BCUT2D eigenvalue weighted by molar-refractivity contribution is 14.0. The van der Waals surface area contributed by atoms with E-state index in [9.17, 15) is 13.2 Å². The summed E-state index contributed by atoms with van der Waals surface area (Å²) in [5.74, 6) is 1.46. The molecule has 0 spiro atoms. The molecule has 9 heteroatoms. The molecule has 0 amide bonds. The van der Waals surface area contributed by atoms with Gasteiger partial charge in [0.2, 0.25) is 0 Å². The zero-order valence-corrected chi connectivity index (χ0v) is 15.6. The maximum Gasteiger partial charge on any atom is 0.401 e. The largest absolute Gasteiger partial charge is 0.469 e. The van der Waals surface area contributed by atoms with Crippen LogP contribution in [0.3, 0.4) is 0 Å². The first-order valence-electron chi connectivity index (χ1n) is 7.20. The third kappa shape index (κ3) is 11.2. The van der Waals surface area contributed by atoms with Gasteiger partial charge in [-0.3, -0.25) is 9.89 Å². The number of alkyl halides is 3. The Kier molecular flexibility index (Phi) is 11.1. The maximum absolute atomic E-state index is 12.2. The Morgan fingerprint density at radius 2 is 2.09 bits per heavy atom. The van der Waals surface area contributed by atoms with Crippen LogP contribution in [-0.2, 0) is 6.42 Å². The van der Waals surface area contributed by atoms with Gasteiger partial charge >= 0.3 is 6.18 Å². The first-order chi connectivity index (χ1) is 10.4. The fourth-order valence-corrected chi connectivity index (χ4v) is 1.82. The van der Waals surface area contributed by atoms with Crippen molar-refractivity contribution in [2.45, 2.75) is 19.5 Å². The normalized spacial score (nSPS) is 12.2. The average molecular weight is 448 g/mol. The van der Waals surface area contributed by atoms with Crippen LogP contribution in [0.15, 0.2) is 27.8 Å². The molecule has 1 rings (SSSR count). The van der Waals surface area contributed by atoms with Crippen molar-refractivity contribution >= 4 is 29.9 Å². The molecule has 0 radical (unpaired) electrons. The van der Waals surface area contributed by atoms with Crippen LogP contribution < -0.4 is 10.6 Å². The number of halogens is 4. The number of hydrogen-bond donors (Lipinski definition) is 2.